The molecule has 0 radical (unpaired) electrons. The maximum absolute atomic E-state index is 13.0. The summed E-state index contributed by atoms with van der Waals surface area (Å²) in [5.74, 6) is 3.79. The van der Waals surface area contributed by atoms with Crippen LogP contribution in [0.2, 0.25) is 0 Å². The number of carbonyl (C=O) groups excluding carboxylic acids is 2. The fraction of sp³-hybridized carbons (Fsp3) is 0.259. The molecule has 3 rings (SSSR count). The van der Waals surface area contributed by atoms with E-state index < -0.39 is 0 Å². The van der Waals surface area contributed by atoms with Crippen LogP contribution in [0.3, 0.4) is 0 Å². The SMILES string of the molecule is C#CCN(C)C(=O)c1cnc(-c2cccc(C(=O)N(C)CCc3ccc(OC)c(OC)c3)c2)nc1. The molecule has 1 aromatic heterocycles. The monoisotopic (exact) mass is 472 g/mol. The summed E-state index contributed by atoms with van der Waals surface area (Å²) < 4.78 is 10.6. The highest BCUT2D eigenvalue weighted by Crippen LogP contribution is 2.27. The van der Waals surface area contributed by atoms with Crippen LogP contribution in [0.5, 0.6) is 11.5 Å². The van der Waals surface area contributed by atoms with Crippen LogP contribution in [-0.2, 0) is 6.42 Å². The number of likely N-dealkylation sites (N-methyl/N-ethyl adjacent to an activating group) is 1. The van der Waals surface area contributed by atoms with Gasteiger partial charge in [0.15, 0.2) is 17.3 Å². The molecule has 35 heavy (non-hydrogen) atoms. The molecule has 8 nitrogen and oxygen atoms in total. The van der Waals surface area contributed by atoms with Gasteiger partial charge in [0, 0.05) is 44.2 Å². The normalized spacial score (nSPS) is 10.3. The van der Waals surface area contributed by atoms with Gasteiger partial charge in [-0.15, -0.1) is 6.42 Å². The molecule has 0 unspecified atom stereocenters. The van der Waals surface area contributed by atoms with E-state index in [1.54, 1.807) is 51.4 Å². The van der Waals surface area contributed by atoms with Crippen LogP contribution in [0, 0.1) is 12.3 Å². The van der Waals surface area contributed by atoms with Crippen molar-refractivity contribution in [2.45, 2.75) is 6.42 Å². The van der Waals surface area contributed by atoms with Gasteiger partial charge in [0.1, 0.15) is 0 Å². The third-order valence-corrected chi connectivity index (χ3v) is 5.47. The Labute approximate surface area is 205 Å². The largest absolute Gasteiger partial charge is 0.493 e. The van der Waals surface area contributed by atoms with Crippen LogP contribution >= 0.6 is 0 Å². The fourth-order valence-corrected chi connectivity index (χ4v) is 3.46. The molecule has 3 aromatic rings. The molecular formula is C27H28N4O4. The lowest BCUT2D eigenvalue weighted by molar-refractivity contribution is 0.0793. The Morgan fingerprint density at radius 2 is 1.60 bits per heavy atom. The second kappa shape index (κ2) is 11.7. The minimum absolute atomic E-state index is 0.116. The number of nitrogens with zero attached hydrogens (tertiary/aromatic N) is 4. The molecule has 0 aliphatic heterocycles. The minimum Gasteiger partial charge on any atom is -0.493 e. The molecule has 0 spiro atoms. The highest BCUT2D eigenvalue weighted by Gasteiger charge is 2.15. The first-order valence-corrected chi connectivity index (χ1v) is 11.0. The Morgan fingerprint density at radius 1 is 0.914 bits per heavy atom. The molecule has 0 atom stereocenters. The van der Waals surface area contributed by atoms with Crippen LogP contribution in [0.1, 0.15) is 26.3 Å². The molecule has 0 aliphatic rings. The molecule has 2 amide bonds. The van der Waals surface area contributed by atoms with Crippen molar-refractivity contribution < 1.29 is 19.1 Å². The predicted octanol–water partition coefficient (Wildman–Crippen LogP) is 3.18. The third-order valence-electron chi connectivity index (χ3n) is 5.47. The summed E-state index contributed by atoms with van der Waals surface area (Å²) in [6, 6.07) is 12.8. The molecule has 1 heterocycles. The Kier molecular flexibility index (Phi) is 8.41. The smallest absolute Gasteiger partial charge is 0.257 e. The molecule has 2 aromatic carbocycles. The number of aromatic nitrogens is 2. The van der Waals surface area contributed by atoms with E-state index in [-0.39, 0.29) is 18.4 Å². The van der Waals surface area contributed by atoms with E-state index in [2.05, 4.69) is 15.9 Å². The second-order valence-electron chi connectivity index (χ2n) is 7.91. The Balaban J connectivity index is 1.68. The topological polar surface area (TPSA) is 84.9 Å². The van der Waals surface area contributed by atoms with Crippen LogP contribution in [0.15, 0.2) is 54.9 Å². The molecule has 0 fully saturated rings. The van der Waals surface area contributed by atoms with Crippen LogP contribution in [-0.4, -0.2) is 73.0 Å². The molecule has 0 bridgehead atoms. The Hall–Kier alpha value is -4.38. The van der Waals surface area contributed by atoms with Crippen molar-refractivity contribution in [2.75, 3.05) is 41.4 Å². The summed E-state index contributed by atoms with van der Waals surface area (Å²) in [6.45, 7) is 0.724. The first-order chi connectivity index (χ1) is 16.9. The van der Waals surface area contributed by atoms with Crippen molar-refractivity contribution in [3.05, 3.63) is 71.5 Å². The van der Waals surface area contributed by atoms with Crippen molar-refractivity contribution in [2.24, 2.45) is 0 Å². The predicted molar refractivity (Wildman–Crippen MR) is 133 cm³/mol. The van der Waals surface area contributed by atoms with Crippen molar-refractivity contribution in [1.82, 2.24) is 19.8 Å². The number of methoxy groups -OCH3 is 2. The van der Waals surface area contributed by atoms with Gasteiger partial charge in [-0.25, -0.2) is 9.97 Å². The van der Waals surface area contributed by atoms with Crippen LogP contribution in [0.4, 0.5) is 0 Å². The van der Waals surface area contributed by atoms with Gasteiger partial charge >= 0.3 is 0 Å². The summed E-state index contributed by atoms with van der Waals surface area (Å²) in [4.78, 5) is 37.0. The van der Waals surface area contributed by atoms with Crippen molar-refractivity contribution in [3.63, 3.8) is 0 Å². The quantitative estimate of drug-likeness (QED) is 0.445. The Morgan fingerprint density at radius 3 is 2.26 bits per heavy atom. The summed E-state index contributed by atoms with van der Waals surface area (Å²) in [6.07, 6.45) is 8.84. The Bertz CT molecular complexity index is 1230. The van der Waals surface area contributed by atoms with Gasteiger partial charge in [0.05, 0.1) is 26.3 Å². The molecule has 0 saturated carbocycles. The molecule has 0 aliphatic carbocycles. The van der Waals surface area contributed by atoms with Gasteiger partial charge < -0.3 is 19.3 Å². The van der Waals surface area contributed by atoms with Gasteiger partial charge in [-0.3, -0.25) is 9.59 Å². The van der Waals surface area contributed by atoms with Gasteiger partial charge in [-0.2, -0.15) is 0 Å². The zero-order valence-corrected chi connectivity index (χ0v) is 20.3. The number of terminal acetylenes is 1. The minimum atomic E-state index is -0.255. The number of hydrogen-bond acceptors (Lipinski definition) is 6. The summed E-state index contributed by atoms with van der Waals surface area (Å²) in [5.41, 5.74) is 2.58. The van der Waals surface area contributed by atoms with Gasteiger partial charge in [-0.05, 0) is 36.2 Å². The molecular weight excluding hydrogens is 444 g/mol. The van der Waals surface area contributed by atoms with Gasteiger partial charge in [0.25, 0.3) is 11.8 Å². The first-order valence-electron chi connectivity index (χ1n) is 11.0. The van der Waals surface area contributed by atoms with E-state index in [0.29, 0.717) is 47.0 Å². The summed E-state index contributed by atoms with van der Waals surface area (Å²) >= 11 is 0. The fourth-order valence-electron chi connectivity index (χ4n) is 3.46. The number of rotatable bonds is 9. The first kappa shape index (κ1) is 25.2. The lowest BCUT2D eigenvalue weighted by atomic mass is 10.1. The number of ether oxygens (including phenoxy) is 2. The highest BCUT2D eigenvalue weighted by molar-refractivity contribution is 5.95. The van der Waals surface area contributed by atoms with E-state index in [1.807, 2.05) is 24.3 Å². The van der Waals surface area contributed by atoms with Gasteiger partial charge in [-0.1, -0.05) is 24.1 Å². The van der Waals surface area contributed by atoms with Gasteiger partial charge in [0.2, 0.25) is 0 Å². The molecule has 0 N–H and O–H groups in total. The van der Waals surface area contributed by atoms with E-state index in [9.17, 15) is 9.59 Å². The maximum Gasteiger partial charge on any atom is 0.257 e. The van der Waals surface area contributed by atoms with E-state index in [4.69, 9.17) is 15.9 Å². The standard InChI is InChI=1S/C27H28N4O4/c1-6-13-30(2)27(33)22-17-28-25(29-18-22)20-8-7-9-21(16-20)26(32)31(3)14-12-19-10-11-23(34-4)24(15-19)35-5/h1,7-11,15-18H,12-14H2,2-5H3. The molecule has 180 valence electrons. The number of benzene rings is 2. The second-order valence-corrected chi connectivity index (χ2v) is 7.91. The van der Waals surface area contributed by atoms with E-state index in [1.165, 1.54) is 17.3 Å². The number of amides is 2. The average molecular weight is 473 g/mol. The van der Waals surface area contributed by atoms with Crippen molar-refractivity contribution >= 4 is 11.8 Å². The zero-order valence-electron chi connectivity index (χ0n) is 20.3. The maximum atomic E-state index is 13.0. The number of hydrogen-bond donors (Lipinski definition) is 0. The number of carbonyl (C=O) groups is 2. The highest BCUT2D eigenvalue weighted by atomic mass is 16.5. The van der Waals surface area contributed by atoms with E-state index in [0.717, 1.165) is 5.56 Å². The van der Waals surface area contributed by atoms with Crippen molar-refractivity contribution in [1.29, 1.82) is 0 Å². The van der Waals surface area contributed by atoms with E-state index >= 15 is 0 Å². The molecule has 8 heteroatoms. The average Bonchev–Trinajstić information content (AvgIpc) is 2.90. The van der Waals surface area contributed by atoms with Crippen LogP contribution < -0.4 is 9.47 Å². The zero-order chi connectivity index (χ0) is 25.4. The third kappa shape index (κ3) is 6.15. The summed E-state index contributed by atoms with van der Waals surface area (Å²) in [7, 11) is 6.57. The van der Waals surface area contributed by atoms with Crippen LogP contribution in [0.25, 0.3) is 11.4 Å². The lowest BCUT2D eigenvalue weighted by Gasteiger charge is -2.18. The molecule has 0 saturated heterocycles. The lowest BCUT2D eigenvalue weighted by Crippen LogP contribution is -2.28. The van der Waals surface area contributed by atoms with Crippen molar-refractivity contribution in [3.8, 4) is 35.2 Å². The summed E-state index contributed by atoms with van der Waals surface area (Å²) in [5, 5.41) is 0.